The van der Waals surface area contributed by atoms with Crippen molar-refractivity contribution < 1.29 is 43.5 Å². The third-order valence-corrected chi connectivity index (χ3v) is 5.05. The fourth-order valence-electron chi connectivity index (χ4n) is 3.38. The summed E-state index contributed by atoms with van der Waals surface area (Å²) in [5.74, 6) is -0.0610. The van der Waals surface area contributed by atoms with E-state index in [1.807, 2.05) is 27.7 Å². The molecule has 0 bridgehead atoms. The molecule has 0 radical (unpaired) electrons. The summed E-state index contributed by atoms with van der Waals surface area (Å²) < 4.78 is 26.7. The Morgan fingerprint density at radius 1 is 1.03 bits per heavy atom. The first-order chi connectivity index (χ1) is 17.1. The molecule has 2 N–H and O–H groups in total. The molecule has 0 aliphatic carbocycles. The summed E-state index contributed by atoms with van der Waals surface area (Å²) in [7, 11) is 0. The Bertz CT molecular complexity index is 1110. The van der Waals surface area contributed by atoms with E-state index in [1.165, 1.54) is 30.3 Å². The molecule has 0 saturated heterocycles. The Kier molecular flexibility index (Phi) is 8.70. The number of aliphatic hydroxyl groups excluding tert-OH is 1. The molecule has 11 nitrogen and oxygen atoms in total. The van der Waals surface area contributed by atoms with Gasteiger partial charge in [0, 0.05) is 24.1 Å². The molecule has 0 amide bonds. The van der Waals surface area contributed by atoms with E-state index in [4.69, 9.17) is 23.7 Å². The van der Waals surface area contributed by atoms with Crippen molar-refractivity contribution in [1.82, 2.24) is 0 Å². The molecular weight excluding hydrogens is 474 g/mol. The number of phenolic OH excluding ortho intramolecular Hbond substituents is 1. The van der Waals surface area contributed by atoms with Crippen molar-refractivity contribution in [2.45, 2.75) is 46.3 Å². The third kappa shape index (κ3) is 6.85. The number of hydrogen-bond acceptors (Lipinski definition) is 11. The Morgan fingerprint density at radius 2 is 1.67 bits per heavy atom. The first-order valence-corrected chi connectivity index (χ1v) is 11.4. The predicted octanol–water partition coefficient (Wildman–Crippen LogP) is 5.17. The summed E-state index contributed by atoms with van der Waals surface area (Å²) in [6, 6.07) is 6.75. The number of nitrogens with zero attached hydrogens (tertiary/aromatic N) is 1. The van der Waals surface area contributed by atoms with Crippen molar-refractivity contribution in [3.63, 3.8) is 0 Å². The molecule has 2 unspecified atom stereocenters. The van der Waals surface area contributed by atoms with Gasteiger partial charge in [-0.15, -0.1) is 4.91 Å². The summed E-state index contributed by atoms with van der Waals surface area (Å²) in [6.07, 6.45) is -3.98. The molecule has 1 heterocycles. The van der Waals surface area contributed by atoms with Crippen molar-refractivity contribution in [3.05, 3.63) is 46.4 Å². The zero-order valence-corrected chi connectivity index (χ0v) is 20.4. The van der Waals surface area contributed by atoms with Crippen molar-refractivity contribution in [2.75, 3.05) is 13.2 Å². The molecule has 0 fully saturated rings. The van der Waals surface area contributed by atoms with Crippen LogP contribution in [0, 0.1) is 16.7 Å². The lowest BCUT2D eigenvalue weighted by molar-refractivity contribution is 0.0191. The standard InChI is InChI=1S/C25H29NO10/c1-13(2)11-32-24(29)34-16-8-21-17(22(9-16)36-25(30)33-12-14(3)4)10-20(28)23(35-21)15-5-6-18(26-31)19(27)7-15/h5-9,13-14,20,23,27-28H,10-12H2,1-4H3. The van der Waals surface area contributed by atoms with Gasteiger partial charge in [-0.05, 0) is 34.7 Å². The van der Waals surface area contributed by atoms with Gasteiger partial charge < -0.3 is 33.9 Å². The lowest BCUT2D eigenvalue weighted by Gasteiger charge is -2.32. The van der Waals surface area contributed by atoms with Crippen LogP contribution in [0.4, 0.5) is 15.3 Å². The maximum absolute atomic E-state index is 12.2. The summed E-state index contributed by atoms with van der Waals surface area (Å²) in [5, 5.41) is 23.5. The minimum atomic E-state index is -1.11. The average molecular weight is 504 g/mol. The molecular formula is C25H29NO10. The van der Waals surface area contributed by atoms with Gasteiger partial charge >= 0.3 is 12.3 Å². The van der Waals surface area contributed by atoms with Gasteiger partial charge in [0.15, 0.2) is 0 Å². The number of rotatable bonds is 8. The third-order valence-electron chi connectivity index (χ3n) is 5.05. The Morgan fingerprint density at radius 3 is 2.25 bits per heavy atom. The maximum Gasteiger partial charge on any atom is 0.513 e. The molecule has 36 heavy (non-hydrogen) atoms. The van der Waals surface area contributed by atoms with Gasteiger partial charge in [-0.2, -0.15) is 0 Å². The first kappa shape index (κ1) is 26.7. The molecule has 11 heteroatoms. The number of ether oxygens (including phenoxy) is 5. The fraction of sp³-hybridized carbons (Fsp3) is 0.440. The number of benzene rings is 2. The normalized spacial score (nSPS) is 16.6. The lowest BCUT2D eigenvalue weighted by Crippen LogP contribution is -2.31. The molecule has 2 atom stereocenters. The van der Waals surface area contributed by atoms with Crippen molar-refractivity contribution in [1.29, 1.82) is 0 Å². The van der Waals surface area contributed by atoms with Crippen molar-refractivity contribution in [3.8, 4) is 23.0 Å². The monoisotopic (exact) mass is 503 g/mol. The van der Waals surface area contributed by atoms with Gasteiger partial charge in [-0.1, -0.05) is 33.8 Å². The van der Waals surface area contributed by atoms with Crippen LogP contribution >= 0.6 is 0 Å². The van der Waals surface area contributed by atoms with Gasteiger partial charge in [0.25, 0.3) is 0 Å². The minimum absolute atomic E-state index is 0.000681. The average Bonchev–Trinajstić information content (AvgIpc) is 2.81. The van der Waals surface area contributed by atoms with E-state index in [1.54, 1.807) is 0 Å². The molecule has 0 spiro atoms. The van der Waals surface area contributed by atoms with Gasteiger partial charge in [0.05, 0.1) is 19.3 Å². The summed E-state index contributed by atoms with van der Waals surface area (Å²) >= 11 is 0. The molecule has 3 rings (SSSR count). The number of carbonyl (C=O) groups excluding carboxylic acids is 2. The van der Waals surface area contributed by atoms with E-state index < -0.39 is 24.5 Å². The molecule has 2 aromatic carbocycles. The van der Waals surface area contributed by atoms with Gasteiger partial charge in [-0.3, -0.25) is 0 Å². The van der Waals surface area contributed by atoms with Crippen LogP contribution < -0.4 is 14.2 Å². The molecule has 0 aromatic heterocycles. The molecule has 194 valence electrons. The highest BCUT2D eigenvalue weighted by molar-refractivity contribution is 5.69. The number of aliphatic hydroxyl groups is 1. The fourth-order valence-corrected chi connectivity index (χ4v) is 3.38. The van der Waals surface area contributed by atoms with E-state index in [2.05, 4.69) is 5.18 Å². The highest BCUT2D eigenvalue weighted by Gasteiger charge is 2.34. The van der Waals surface area contributed by atoms with Crippen LogP contribution in [0.2, 0.25) is 0 Å². The zero-order chi connectivity index (χ0) is 26.4. The Balaban J connectivity index is 1.92. The summed E-state index contributed by atoms with van der Waals surface area (Å²) in [6.45, 7) is 7.76. The minimum Gasteiger partial charge on any atom is -0.506 e. The quantitative estimate of drug-likeness (QED) is 0.280. The van der Waals surface area contributed by atoms with Crippen molar-refractivity contribution >= 4 is 18.0 Å². The number of carbonyl (C=O) groups is 2. The van der Waals surface area contributed by atoms with Crippen LogP contribution in [0.5, 0.6) is 23.0 Å². The second kappa shape index (κ2) is 11.7. The number of hydrogen-bond donors (Lipinski definition) is 2. The van der Waals surface area contributed by atoms with Crippen LogP contribution in [0.3, 0.4) is 0 Å². The van der Waals surface area contributed by atoms with Gasteiger partial charge in [-0.25, -0.2) is 9.59 Å². The second-order valence-corrected chi connectivity index (χ2v) is 9.16. The van der Waals surface area contributed by atoms with E-state index in [0.29, 0.717) is 11.1 Å². The maximum atomic E-state index is 12.2. The summed E-state index contributed by atoms with van der Waals surface area (Å²) in [4.78, 5) is 35.1. The first-order valence-electron chi connectivity index (χ1n) is 11.4. The Hall–Kier alpha value is -3.86. The van der Waals surface area contributed by atoms with Gasteiger partial charge in [0.2, 0.25) is 0 Å². The predicted molar refractivity (Wildman–Crippen MR) is 127 cm³/mol. The number of aromatic hydroxyl groups is 1. The zero-order valence-electron chi connectivity index (χ0n) is 20.4. The molecule has 1 aliphatic heterocycles. The highest BCUT2D eigenvalue weighted by atomic mass is 16.7. The van der Waals surface area contributed by atoms with E-state index in [0.717, 1.165) is 0 Å². The Labute approximate surface area is 207 Å². The van der Waals surface area contributed by atoms with E-state index >= 15 is 0 Å². The SMILES string of the molecule is CC(C)COC(=O)Oc1cc(OC(=O)OCC(C)C)c2c(c1)OC(c1ccc(N=O)c(O)c1)C(O)C2. The van der Waals surface area contributed by atoms with Crippen LogP contribution in [0.1, 0.15) is 44.9 Å². The topological polar surface area (TPSA) is 150 Å². The lowest BCUT2D eigenvalue weighted by atomic mass is 9.93. The largest absolute Gasteiger partial charge is 0.513 e. The number of phenols is 1. The van der Waals surface area contributed by atoms with E-state index in [-0.39, 0.29) is 60.2 Å². The van der Waals surface area contributed by atoms with Gasteiger partial charge in [0.1, 0.15) is 34.8 Å². The molecule has 0 saturated carbocycles. The number of nitroso groups, excluding NO2 is 1. The highest BCUT2D eigenvalue weighted by Crippen LogP contribution is 2.44. The molecule has 1 aliphatic rings. The van der Waals surface area contributed by atoms with Crippen LogP contribution in [-0.4, -0.2) is 41.8 Å². The smallest absolute Gasteiger partial charge is 0.506 e. The summed E-state index contributed by atoms with van der Waals surface area (Å²) in [5.41, 5.74) is 0.564. The molecule has 2 aromatic rings. The van der Waals surface area contributed by atoms with Crippen LogP contribution in [0.25, 0.3) is 0 Å². The van der Waals surface area contributed by atoms with Crippen LogP contribution in [0.15, 0.2) is 35.5 Å². The van der Waals surface area contributed by atoms with Crippen molar-refractivity contribution in [2.24, 2.45) is 17.0 Å². The van der Waals surface area contributed by atoms with Crippen LogP contribution in [-0.2, 0) is 15.9 Å². The number of fused-ring (bicyclic) bond motifs is 1. The second-order valence-electron chi connectivity index (χ2n) is 9.16. The van der Waals surface area contributed by atoms with E-state index in [9.17, 15) is 24.7 Å².